The van der Waals surface area contributed by atoms with E-state index in [0.29, 0.717) is 43.5 Å². The number of rotatable bonds is 5. The highest BCUT2D eigenvalue weighted by Crippen LogP contribution is 2.36. The number of nitrogens with zero attached hydrogens (tertiary/aromatic N) is 4. The van der Waals surface area contributed by atoms with Crippen LogP contribution in [0.3, 0.4) is 0 Å². The van der Waals surface area contributed by atoms with Crippen LogP contribution >= 0.6 is 0 Å². The fourth-order valence-electron chi connectivity index (χ4n) is 4.81. The van der Waals surface area contributed by atoms with Gasteiger partial charge in [-0.15, -0.1) is 0 Å². The van der Waals surface area contributed by atoms with E-state index in [4.69, 9.17) is 10.2 Å². The average molecular weight is 428 g/mol. The van der Waals surface area contributed by atoms with Crippen LogP contribution in [0.25, 0.3) is 0 Å². The molecule has 2 aromatic rings. The number of hydrogen-bond acceptors (Lipinski definition) is 6. The van der Waals surface area contributed by atoms with Gasteiger partial charge >= 0.3 is 0 Å². The van der Waals surface area contributed by atoms with E-state index < -0.39 is 0 Å². The van der Waals surface area contributed by atoms with Crippen LogP contribution in [0, 0.1) is 18.8 Å². The van der Waals surface area contributed by atoms with Gasteiger partial charge in [-0.05, 0) is 45.3 Å². The Kier molecular flexibility index (Phi) is 5.79. The summed E-state index contributed by atoms with van der Waals surface area (Å²) < 4.78 is 7.66. The summed E-state index contributed by atoms with van der Waals surface area (Å²) in [6.07, 6.45) is 0.998. The molecule has 2 aromatic heterocycles. The highest BCUT2D eigenvalue weighted by molar-refractivity contribution is 5.93. The molecule has 4 rings (SSSR count). The molecule has 8 nitrogen and oxygen atoms in total. The van der Waals surface area contributed by atoms with Gasteiger partial charge in [-0.25, -0.2) is 4.98 Å². The van der Waals surface area contributed by atoms with Crippen molar-refractivity contribution in [2.75, 3.05) is 27.2 Å². The number of hydrogen-bond donors (Lipinski definition) is 1. The van der Waals surface area contributed by atoms with Crippen molar-refractivity contribution in [2.45, 2.75) is 52.2 Å². The normalized spacial score (nSPS) is 21.5. The van der Waals surface area contributed by atoms with Gasteiger partial charge in [0.2, 0.25) is 5.89 Å². The van der Waals surface area contributed by atoms with Crippen LogP contribution < -0.4 is 11.3 Å². The number of aryl methyl sites for hydroxylation is 1. The molecule has 2 N–H and O–H groups in total. The third-order valence-electron chi connectivity index (χ3n) is 6.48. The molecule has 31 heavy (non-hydrogen) atoms. The van der Waals surface area contributed by atoms with Gasteiger partial charge in [0.25, 0.3) is 11.5 Å². The molecule has 0 saturated carbocycles. The molecule has 8 heteroatoms. The molecule has 1 saturated heterocycles. The van der Waals surface area contributed by atoms with Crippen molar-refractivity contribution < 1.29 is 9.21 Å². The summed E-state index contributed by atoms with van der Waals surface area (Å²) in [7, 11) is 3.93. The van der Waals surface area contributed by atoms with Gasteiger partial charge in [0.15, 0.2) is 5.69 Å². The van der Waals surface area contributed by atoms with Crippen LogP contribution in [-0.2, 0) is 13.1 Å². The minimum Gasteiger partial charge on any atom is -0.443 e. The molecule has 0 radical (unpaired) electrons. The second kappa shape index (κ2) is 8.24. The molecule has 2 aliphatic rings. The number of nitrogens with two attached hydrogens (primary N) is 1. The lowest BCUT2D eigenvalue weighted by Crippen LogP contribution is -2.49. The van der Waals surface area contributed by atoms with E-state index in [1.54, 1.807) is 6.92 Å². The fourth-order valence-corrected chi connectivity index (χ4v) is 4.81. The Balaban J connectivity index is 1.58. The number of oxazole rings is 1. The summed E-state index contributed by atoms with van der Waals surface area (Å²) in [5, 5.41) is 0. The number of pyridine rings is 1. The Labute approximate surface area is 183 Å². The Morgan fingerprint density at radius 2 is 2.03 bits per heavy atom. The zero-order valence-corrected chi connectivity index (χ0v) is 19.1. The molecule has 0 aliphatic carbocycles. The Bertz CT molecular complexity index is 1040. The molecular formula is C23H33N5O3. The molecule has 1 amide bonds. The highest BCUT2D eigenvalue weighted by atomic mass is 16.4. The smallest absolute Gasteiger partial charge is 0.276 e. The molecule has 2 bridgehead atoms. The summed E-state index contributed by atoms with van der Waals surface area (Å²) in [5.41, 5.74) is 8.46. The number of piperidine rings is 1. The van der Waals surface area contributed by atoms with Crippen molar-refractivity contribution in [1.29, 1.82) is 0 Å². The van der Waals surface area contributed by atoms with Crippen molar-refractivity contribution in [3.63, 3.8) is 0 Å². The zero-order chi connectivity index (χ0) is 22.4. The fraction of sp³-hybridized carbons (Fsp3) is 0.609. The third kappa shape index (κ3) is 4.06. The summed E-state index contributed by atoms with van der Waals surface area (Å²) >= 11 is 0. The largest absolute Gasteiger partial charge is 0.443 e. The maximum Gasteiger partial charge on any atom is 0.276 e. The van der Waals surface area contributed by atoms with E-state index in [-0.39, 0.29) is 35.3 Å². The van der Waals surface area contributed by atoms with Gasteiger partial charge in [0, 0.05) is 43.4 Å². The minimum atomic E-state index is -0.337. The highest BCUT2D eigenvalue weighted by Gasteiger charge is 2.38. The molecule has 168 valence electrons. The van der Waals surface area contributed by atoms with E-state index in [1.165, 1.54) is 0 Å². The molecule has 3 atom stereocenters. The van der Waals surface area contributed by atoms with E-state index in [1.807, 2.05) is 48.4 Å². The first kappa shape index (κ1) is 21.8. The number of likely N-dealkylation sites (tertiary alicyclic amines) is 1. The first-order valence-corrected chi connectivity index (χ1v) is 11.0. The second-order valence-corrected chi connectivity index (χ2v) is 9.67. The Morgan fingerprint density at radius 3 is 2.71 bits per heavy atom. The second-order valence-electron chi connectivity index (χ2n) is 9.67. The van der Waals surface area contributed by atoms with Gasteiger partial charge in [-0.3, -0.25) is 9.59 Å². The lowest BCUT2D eigenvalue weighted by Gasteiger charge is -2.42. The minimum absolute atomic E-state index is 0.0975. The van der Waals surface area contributed by atoms with Crippen LogP contribution in [0.2, 0.25) is 0 Å². The lowest BCUT2D eigenvalue weighted by atomic mass is 9.82. The average Bonchev–Trinajstić information content (AvgIpc) is 3.10. The Hall–Kier alpha value is -2.45. The SMILES string of the molecule is Cc1oc([C@H](N)C(C)C)nc1C(=O)N1C[C@@H]2C[C@H](C1)c1ccc(CN(C)C)c(=O)n1C2. The topological polar surface area (TPSA) is 97.6 Å². The van der Waals surface area contributed by atoms with Crippen LogP contribution in [0.15, 0.2) is 21.3 Å². The van der Waals surface area contributed by atoms with Gasteiger partial charge in [-0.1, -0.05) is 19.9 Å². The molecule has 0 unspecified atom stereocenters. The van der Waals surface area contributed by atoms with Gasteiger partial charge < -0.3 is 24.5 Å². The number of aromatic nitrogens is 2. The van der Waals surface area contributed by atoms with Crippen LogP contribution in [-0.4, -0.2) is 52.4 Å². The first-order chi connectivity index (χ1) is 14.7. The van der Waals surface area contributed by atoms with Crippen LogP contribution in [0.4, 0.5) is 0 Å². The standard InChI is InChI=1S/C23H33N5O3/c1-13(2)19(24)21-25-20(14(3)31-21)23(30)27-9-15-8-17(12-27)18-7-6-16(11-26(4)5)22(29)28(18)10-15/h6-7,13,15,17,19H,8-12,24H2,1-5H3/t15-,17+,19+/m0/s1. The molecular weight excluding hydrogens is 394 g/mol. The molecule has 2 aliphatic heterocycles. The van der Waals surface area contributed by atoms with Gasteiger partial charge in [-0.2, -0.15) is 0 Å². The predicted molar refractivity (Wildman–Crippen MR) is 118 cm³/mol. The summed E-state index contributed by atoms with van der Waals surface area (Å²) in [5.74, 6) is 1.39. The number of fused-ring (bicyclic) bond motifs is 4. The van der Waals surface area contributed by atoms with Gasteiger partial charge in [0.1, 0.15) is 5.76 Å². The molecule has 1 fully saturated rings. The van der Waals surface area contributed by atoms with Crippen molar-refractivity contribution in [3.8, 4) is 0 Å². The van der Waals surface area contributed by atoms with E-state index in [9.17, 15) is 9.59 Å². The van der Waals surface area contributed by atoms with E-state index >= 15 is 0 Å². The van der Waals surface area contributed by atoms with Crippen molar-refractivity contribution in [2.24, 2.45) is 17.6 Å². The van der Waals surface area contributed by atoms with Crippen molar-refractivity contribution in [3.05, 3.63) is 51.1 Å². The van der Waals surface area contributed by atoms with E-state index in [0.717, 1.165) is 17.7 Å². The quantitative estimate of drug-likeness (QED) is 0.785. The lowest BCUT2D eigenvalue weighted by molar-refractivity contribution is 0.0587. The number of carbonyl (C=O) groups is 1. The Morgan fingerprint density at radius 1 is 1.29 bits per heavy atom. The summed E-state index contributed by atoms with van der Waals surface area (Å²) in [4.78, 5) is 34.6. The molecule has 0 spiro atoms. The monoisotopic (exact) mass is 427 g/mol. The predicted octanol–water partition coefficient (Wildman–Crippen LogP) is 2.12. The van der Waals surface area contributed by atoms with Crippen LogP contribution in [0.1, 0.15) is 65.6 Å². The van der Waals surface area contributed by atoms with Crippen LogP contribution in [0.5, 0.6) is 0 Å². The zero-order valence-electron chi connectivity index (χ0n) is 19.1. The summed E-state index contributed by atoms with van der Waals surface area (Å²) in [6.45, 7) is 8.25. The van der Waals surface area contributed by atoms with E-state index in [2.05, 4.69) is 11.1 Å². The maximum atomic E-state index is 13.3. The molecule has 0 aromatic carbocycles. The number of carbonyl (C=O) groups excluding carboxylic acids is 1. The molecule has 4 heterocycles. The summed E-state index contributed by atoms with van der Waals surface area (Å²) in [6, 6.07) is 3.67. The van der Waals surface area contributed by atoms with Gasteiger partial charge in [0.05, 0.1) is 6.04 Å². The van der Waals surface area contributed by atoms with Crippen molar-refractivity contribution in [1.82, 2.24) is 19.4 Å². The third-order valence-corrected chi connectivity index (χ3v) is 6.48. The maximum absolute atomic E-state index is 13.3. The first-order valence-electron chi connectivity index (χ1n) is 11.0. The number of amides is 1. The van der Waals surface area contributed by atoms with Crippen molar-refractivity contribution >= 4 is 5.91 Å².